The second-order valence-electron chi connectivity index (χ2n) is 3.12. The van der Waals surface area contributed by atoms with Crippen LogP contribution in [0.5, 0.6) is 0 Å². The van der Waals surface area contributed by atoms with E-state index in [0.29, 0.717) is 12.6 Å². The number of rotatable bonds is 3. The summed E-state index contributed by atoms with van der Waals surface area (Å²) in [7, 11) is 1.93. The predicted molar refractivity (Wildman–Crippen MR) is 53.2 cm³/mol. The normalized spacial score (nSPS) is 20.0. The maximum absolute atomic E-state index is 8.92. The number of likely N-dealkylation sites (N-methyl/N-ethyl adjacent to an activating group) is 1. The minimum atomic E-state index is 0.293. The second kappa shape index (κ2) is 7.56. The van der Waals surface area contributed by atoms with Gasteiger partial charge < -0.3 is 10.4 Å². The minimum absolute atomic E-state index is 0.293. The fourth-order valence-electron chi connectivity index (χ4n) is 1.84. The molecule has 0 bridgehead atoms. The van der Waals surface area contributed by atoms with E-state index >= 15 is 0 Å². The van der Waals surface area contributed by atoms with E-state index in [0.717, 1.165) is 5.92 Å². The third-order valence-corrected chi connectivity index (χ3v) is 2.54. The van der Waals surface area contributed by atoms with Crippen LogP contribution in [0.2, 0.25) is 0 Å². The molecule has 74 valence electrons. The molecule has 2 nitrogen and oxygen atoms in total. The number of aliphatic hydroxyl groups excluding tert-OH is 1. The molecule has 1 fully saturated rings. The van der Waals surface area contributed by atoms with Gasteiger partial charge >= 0.3 is 0 Å². The van der Waals surface area contributed by atoms with Crippen LogP contribution in [0, 0.1) is 5.92 Å². The van der Waals surface area contributed by atoms with E-state index in [1.54, 1.807) is 0 Å². The highest BCUT2D eigenvalue weighted by atomic mass is 16.3. The van der Waals surface area contributed by atoms with Gasteiger partial charge in [0.2, 0.25) is 0 Å². The summed E-state index contributed by atoms with van der Waals surface area (Å²) in [6.07, 6.45) is 5.30. The molecule has 0 aromatic rings. The van der Waals surface area contributed by atoms with Crippen LogP contribution in [0.15, 0.2) is 0 Å². The first-order valence-corrected chi connectivity index (χ1v) is 5.16. The Morgan fingerprint density at radius 1 is 1.33 bits per heavy atom. The van der Waals surface area contributed by atoms with Crippen LogP contribution in [0.4, 0.5) is 0 Å². The van der Waals surface area contributed by atoms with Crippen LogP contribution in [-0.2, 0) is 0 Å². The molecule has 2 N–H and O–H groups in total. The molecule has 2 heteroatoms. The van der Waals surface area contributed by atoms with Gasteiger partial charge in [-0.25, -0.2) is 0 Å². The minimum Gasteiger partial charge on any atom is -0.395 e. The van der Waals surface area contributed by atoms with Crippen LogP contribution >= 0.6 is 0 Å². The molecule has 1 atom stereocenters. The van der Waals surface area contributed by atoms with Crippen LogP contribution < -0.4 is 5.32 Å². The summed E-state index contributed by atoms with van der Waals surface area (Å²) in [5.41, 5.74) is 0. The van der Waals surface area contributed by atoms with Crippen molar-refractivity contribution in [2.45, 2.75) is 45.6 Å². The van der Waals surface area contributed by atoms with E-state index in [4.69, 9.17) is 5.11 Å². The lowest BCUT2D eigenvalue weighted by atomic mass is 9.99. The molecular formula is C10H23NO. The van der Waals surface area contributed by atoms with Crippen molar-refractivity contribution < 1.29 is 5.11 Å². The summed E-state index contributed by atoms with van der Waals surface area (Å²) >= 11 is 0. The van der Waals surface area contributed by atoms with Crippen molar-refractivity contribution in [2.75, 3.05) is 13.7 Å². The van der Waals surface area contributed by atoms with E-state index in [-0.39, 0.29) is 0 Å². The first-order valence-electron chi connectivity index (χ1n) is 5.16. The van der Waals surface area contributed by atoms with Gasteiger partial charge in [-0.3, -0.25) is 0 Å². The van der Waals surface area contributed by atoms with Crippen molar-refractivity contribution in [3.05, 3.63) is 0 Å². The van der Waals surface area contributed by atoms with Crippen LogP contribution in [0.25, 0.3) is 0 Å². The Kier molecular flexibility index (Phi) is 7.51. The predicted octanol–water partition coefficient (Wildman–Crippen LogP) is 1.78. The first kappa shape index (κ1) is 11.9. The second-order valence-corrected chi connectivity index (χ2v) is 3.12. The van der Waals surface area contributed by atoms with E-state index in [9.17, 15) is 0 Å². The third-order valence-electron chi connectivity index (χ3n) is 2.54. The maximum atomic E-state index is 8.92. The Balaban J connectivity index is 0.000000561. The molecule has 0 aromatic heterocycles. The molecular weight excluding hydrogens is 150 g/mol. The van der Waals surface area contributed by atoms with Gasteiger partial charge in [0.15, 0.2) is 0 Å². The molecule has 1 saturated carbocycles. The lowest BCUT2D eigenvalue weighted by molar-refractivity contribution is 0.206. The summed E-state index contributed by atoms with van der Waals surface area (Å²) in [5.74, 6) is 0.731. The topological polar surface area (TPSA) is 32.3 Å². The summed E-state index contributed by atoms with van der Waals surface area (Å²) in [4.78, 5) is 0. The van der Waals surface area contributed by atoms with E-state index in [1.807, 2.05) is 20.9 Å². The van der Waals surface area contributed by atoms with Gasteiger partial charge in [0.05, 0.1) is 6.61 Å². The lowest BCUT2D eigenvalue weighted by Gasteiger charge is -2.19. The van der Waals surface area contributed by atoms with Gasteiger partial charge in [-0.2, -0.15) is 0 Å². The summed E-state index contributed by atoms with van der Waals surface area (Å²) < 4.78 is 0. The largest absolute Gasteiger partial charge is 0.395 e. The maximum Gasteiger partial charge on any atom is 0.0587 e. The van der Waals surface area contributed by atoms with Crippen LogP contribution in [0.1, 0.15) is 39.5 Å². The quantitative estimate of drug-likeness (QED) is 0.682. The zero-order valence-corrected chi connectivity index (χ0v) is 8.64. The summed E-state index contributed by atoms with van der Waals surface area (Å²) in [6.45, 7) is 4.29. The summed E-state index contributed by atoms with van der Waals surface area (Å²) in [5, 5.41) is 12.1. The van der Waals surface area contributed by atoms with Crippen molar-refractivity contribution in [3.8, 4) is 0 Å². The van der Waals surface area contributed by atoms with Gasteiger partial charge in [0.1, 0.15) is 0 Å². The van der Waals surface area contributed by atoms with Crippen molar-refractivity contribution in [2.24, 2.45) is 5.92 Å². The fraction of sp³-hybridized carbons (Fsp3) is 1.00. The zero-order valence-electron chi connectivity index (χ0n) is 8.64. The Morgan fingerprint density at radius 2 is 1.83 bits per heavy atom. The van der Waals surface area contributed by atoms with Crippen molar-refractivity contribution in [3.63, 3.8) is 0 Å². The Bertz CT molecular complexity index is 85.8. The molecule has 1 rings (SSSR count). The van der Waals surface area contributed by atoms with Crippen molar-refractivity contribution in [1.82, 2.24) is 5.32 Å². The molecule has 0 spiro atoms. The average Bonchev–Trinajstić information content (AvgIpc) is 2.64. The molecule has 0 heterocycles. The number of aliphatic hydroxyl groups is 1. The Labute approximate surface area is 76.4 Å². The molecule has 0 saturated heterocycles. The van der Waals surface area contributed by atoms with Crippen LogP contribution in [0.3, 0.4) is 0 Å². The lowest BCUT2D eigenvalue weighted by Crippen LogP contribution is -2.35. The smallest absolute Gasteiger partial charge is 0.0587 e. The van der Waals surface area contributed by atoms with Crippen molar-refractivity contribution >= 4 is 0 Å². The van der Waals surface area contributed by atoms with Gasteiger partial charge in [0.25, 0.3) is 0 Å². The molecule has 12 heavy (non-hydrogen) atoms. The SMILES string of the molecule is CC.CNC(CO)C1CCCC1. The average molecular weight is 173 g/mol. The number of nitrogens with one attached hydrogen (secondary N) is 1. The van der Waals surface area contributed by atoms with Gasteiger partial charge in [0, 0.05) is 6.04 Å². The zero-order chi connectivity index (χ0) is 9.40. The van der Waals surface area contributed by atoms with Gasteiger partial charge in [-0.05, 0) is 25.8 Å². The monoisotopic (exact) mass is 173 g/mol. The molecule has 0 aromatic carbocycles. The standard InChI is InChI=1S/C8H17NO.C2H6/c1-9-8(6-10)7-4-2-3-5-7;1-2/h7-10H,2-6H2,1H3;1-2H3. The molecule has 1 aliphatic rings. The van der Waals surface area contributed by atoms with E-state index < -0.39 is 0 Å². The van der Waals surface area contributed by atoms with Crippen LogP contribution in [-0.4, -0.2) is 24.8 Å². The Morgan fingerprint density at radius 3 is 2.17 bits per heavy atom. The first-order chi connectivity index (χ1) is 5.88. The molecule has 1 unspecified atom stereocenters. The highest BCUT2D eigenvalue weighted by Crippen LogP contribution is 2.27. The van der Waals surface area contributed by atoms with E-state index in [1.165, 1.54) is 25.7 Å². The highest BCUT2D eigenvalue weighted by molar-refractivity contribution is 4.78. The molecule has 0 amide bonds. The molecule has 0 aliphatic heterocycles. The van der Waals surface area contributed by atoms with Gasteiger partial charge in [-0.1, -0.05) is 26.7 Å². The summed E-state index contributed by atoms with van der Waals surface area (Å²) in [6, 6.07) is 0.350. The fourth-order valence-corrected chi connectivity index (χ4v) is 1.84. The van der Waals surface area contributed by atoms with Crippen molar-refractivity contribution in [1.29, 1.82) is 0 Å². The van der Waals surface area contributed by atoms with E-state index in [2.05, 4.69) is 5.32 Å². The molecule has 1 aliphatic carbocycles. The highest BCUT2D eigenvalue weighted by Gasteiger charge is 2.22. The van der Waals surface area contributed by atoms with Gasteiger partial charge in [-0.15, -0.1) is 0 Å². The number of hydrogen-bond donors (Lipinski definition) is 2. The Hall–Kier alpha value is -0.0800. The third kappa shape index (κ3) is 3.55. The molecule has 0 radical (unpaired) electrons. The number of hydrogen-bond acceptors (Lipinski definition) is 2.